The minimum atomic E-state index is -0.713. The normalized spacial score (nSPS) is 10.5. The Balaban J connectivity index is 1.71. The topological polar surface area (TPSA) is 86.9 Å². The zero-order valence-electron chi connectivity index (χ0n) is 12.6. The highest BCUT2D eigenvalue weighted by molar-refractivity contribution is 6.43. The Kier molecular flexibility index (Phi) is 4.05. The number of carbonyl (C=O) groups is 2. The molecular formula is C17H16N4O2. The van der Waals surface area contributed by atoms with Gasteiger partial charge in [0.15, 0.2) is 0 Å². The zero-order chi connectivity index (χ0) is 16.2. The molecule has 0 saturated heterocycles. The van der Waals surface area contributed by atoms with Crippen LogP contribution < -0.4 is 10.6 Å². The van der Waals surface area contributed by atoms with Gasteiger partial charge in [-0.25, -0.2) is 4.98 Å². The minimum Gasteiger partial charge on any atom is -0.345 e. The van der Waals surface area contributed by atoms with Gasteiger partial charge in [-0.2, -0.15) is 0 Å². The van der Waals surface area contributed by atoms with E-state index in [9.17, 15) is 9.59 Å². The van der Waals surface area contributed by atoms with E-state index in [2.05, 4.69) is 20.6 Å². The number of para-hydroxylation sites is 1. The first-order valence-corrected chi connectivity index (χ1v) is 7.30. The van der Waals surface area contributed by atoms with E-state index < -0.39 is 11.8 Å². The summed E-state index contributed by atoms with van der Waals surface area (Å²) in [6.07, 6.45) is 2.35. The minimum absolute atomic E-state index is 0.533. The summed E-state index contributed by atoms with van der Waals surface area (Å²) in [7, 11) is 0. The molecule has 0 radical (unpaired) electrons. The van der Waals surface area contributed by atoms with Crippen molar-refractivity contribution in [1.29, 1.82) is 0 Å². The van der Waals surface area contributed by atoms with Gasteiger partial charge in [-0.15, -0.1) is 0 Å². The number of aromatic amines is 1. The van der Waals surface area contributed by atoms with Crippen molar-refractivity contribution in [2.75, 3.05) is 10.6 Å². The quantitative estimate of drug-likeness (QED) is 0.650. The van der Waals surface area contributed by atoms with Crippen LogP contribution in [0.25, 0.3) is 11.0 Å². The van der Waals surface area contributed by atoms with Crippen LogP contribution in [0.1, 0.15) is 12.5 Å². The van der Waals surface area contributed by atoms with Crippen LogP contribution in [-0.4, -0.2) is 21.8 Å². The lowest BCUT2D eigenvalue weighted by Gasteiger charge is -2.09. The summed E-state index contributed by atoms with van der Waals surface area (Å²) in [5, 5.41) is 5.23. The number of rotatable bonds is 3. The second-order valence-corrected chi connectivity index (χ2v) is 5.05. The number of imidazole rings is 1. The molecule has 0 fully saturated rings. The fraction of sp³-hybridized carbons (Fsp3) is 0.118. The predicted octanol–water partition coefficient (Wildman–Crippen LogP) is 2.70. The lowest BCUT2D eigenvalue weighted by Crippen LogP contribution is -2.29. The molecule has 3 aromatic rings. The molecule has 0 bridgehead atoms. The van der Waals surface area contributed by atoms with E-state index in [1.54, 1.807) is 30.6 Å². The number of nitrogens with zero attached hydrogens (tertiary/aromatic N) is 1. The first-order chi connectivity index (χ1) is 11.2. The SMILES string of the molecule is CCc1ccccc1NC(=O)C(=O)Nc1ccc2nc[nH]c2c1. The van der Waals surface area contributed by atoms with Crippen molar-refractivity contribution in [3.8, 4) is 0 Å². The van der Waals surface area contributed by atoms with E-state index in [0.29, 0.717) is 11.4 Å². The lowest BCUT2D eigenvalue weighted by atomic mass is 10.1. The summed E-state index contributed by atoms with van der Waals surface area (Å²) in [6, 6.07) is 12.6. The van der Waals surface area contributed by atoms with Crippen LogP contribution in [0.5, 0.6) is 0 Å². The van der Waals surface area contributed by atoms with Gasteiger partial charge in [0.2, 0.25) is 0 Å². The summed E-state index contributed by atoms with van der Waals surface area (Å²) in [5.74, 6) is -1.41. The van der Waals surface area contributed by atoms with E-state index in [-0.39, 0.29) is 0 Å². The van der Waals surface area contributed by atoms with Crippen LogP contribution in [-0.2, 0) is 16.0 Å². The van der Waals surface area contributed by atoms with Gasteiger partial charge < -0.3 is 15.6 Å². The highest BCUT2D eigenvalue weighted by Gasteiger charge is 2.15. The Morgan fingerprint density at radius 2 is 1.87 bits per heavy atom. The van der Waals surface area contributed by atoms with Crippen LogP contribution >= 0.6 is 0 Å². The molecule has 6 nitrogen and oxygen atoms in total. The fourth-order valence-corrected chi connectivity index (χ4v) is 2.33. The number of anilines is 2. The third-order valence-corrected chi connectivity index (χ3v) is 3.53. The Labute approximate surface area is 132 Å². The molecule has 0 atom stereocenters. The molecule has 6 heteroatoms. The number of amides is 2. The molecule has 0 aliphatic heterocycles. The maximum absolute atomic E-state index is 12.1. The molecule has 0 aliphatic rings. The van der Waals surface area contributed by atoms with Crippen LogP contribution in [0.2, 0.25) is 0 Å². The maximum Gasteiger partial charge on any atom is 0.314 e. The molecule has 1 heterocycles. The first-order valence-electron chi connectivity index (χ1n) is 7.30. The third-order valence-electron chi connectivity index (χ3n) is 3.53. The largest absolute Gasteiger partial charge is 0.345 e. The van der Waals surface area contributed by atoms with E-state index in [1.165, 1.54) is 0 Å². The number of H-pyrrole nitrogens is 1. The van der Waals surface area contributed by atoms with Gasteiger partial charge in [-0.3, -0.25) is 9.59 Å². The van der Waals surface area contributed by atoms with Crippen molar-refractivity contribution < 1.29 is 9.59 Å². The molecule has 0 unspecified atom stereocenters. The number of hydrogen-bond donors (Lipinski definition) is 3. The molecule has 3 N–H and O–H groups in total. The van der Waals surface area contributed by atoms with Crippen molar-refractivity contribution in [2.45, 2.75) is 13.3 Å². The van der Waals surface area contributed by atoms with E-state index in [4.69, 9.17) is 0 Å². The van der Waals surface area contributed by atoms with Crippen LogP contribution in [0.3, 0.4) is 0 Å². The van der Waals surface area contributed by atoms with Gasteiger partial charge in [-0.1, -0.05) is 25.1 Å². The third kappa shape index (κ3) is 3.21. The van der Waals surface area contributed by atoms with Crippen molar-refractivity contribution in [1.82, 2.24) is 9.97 Å². The Hall–Kier alpha value is -3.15. The Bertz CT molecular complexity index is 870. The second-order valence-electron chi connectivity index (χ2n) is 5.05. The summed E-state index contributed by atoms with van der Waals surface area (Å²) in [6.45, 7) is 1.99. The molecule has 0 spiro atoms. The molecule has 0 aliphatic carbocycles. The van der Waals surface area contributed by atoms with Gasteiger partial charge in [0.25, 0.3) is 0 Å². The number of nitrogens with one attached hydrogen (secondary N) is 3. The molecule has 116 valence electrons. The van der Waals surface area contributed by atoms with Crippen LogP contribution in [0.4, 0.5) is 11.4 Å². The van der Waals surface area contributed by atoms with Crippen molar-refractivity contribution in [3.63, 3.8) is 0 Å². The number of carbonyl (C=O) groups excluding carboxylic acids is 2. The highest BCUT2D eigenvalue weighted by Crippen LogP contribution is 2.17. The average Bonchev–Trinajstić information content (AvgIpc) is 3.03. The van der Waals surface area contributed by atoms with Gasteiger partial charge in [0.1, 0.15) is 0 Å². The summed E-state index contributed by atoms with van der Waals surface area (Å²) >= 11 is 0. The first kappa shape index (κ1) is 14.8. The van der Waals surface area contributed by atoms with Gasteiger partial charge in [0.05, 0.1) is 17.4 Å². The number of hydrogen-bond acceptors (Lipinski definition) is 3. The number of aromatic nitrogens is 2. The average molecular weight is 308 g/mol. The second kappa shape index (κ2) is 6.31. The Morgan fingerprint density at radius 1 is 1.09 bits per heavy atom. The monoisotopic (exact) mass is 308 g/mol. The summed E-state index contributed by atoms with van der Waals surface area (Å²) in [4.78, 5) is 31.2. The van der Waals surface area contributed by atoms with Gasteiger partial charge in [0, 0.05) is 11.4 Å². The highest BCUT2D eigenvalue weighted by atomic mass is 16.2. The van der Waals surface area contributed by atoms with Crippen molar-refractivity contribution >= 4 is 34.2 Å². The lowest BCUT2D eigenvalue weighted by molar-refractivity contribution is -0.133. The van der Waals surface area contributed by atoms with Crippen LogP contribution in [0, 0.1) is 0 Å². The predicted molar refractivity (Wildman–Crippen MR) is 89.2 cm³/mol. The molecule has 23 heavy (non-hydrogen) atoms. The standard InChI is InChI=1S/C17H16N4O2/c1-2-11-5-3-4-6-13(11)21-17(23)16(22)20-12-7-8-14-15(9-12)19-10-18-14/h3-10H,2H2,1H3,(H,18,19)(H,20,22)(H,21,23). The van der Waals surface area contributed by atoms with E-state index in [0.717, 1.165) is 23.0 Å². The molecule has 2 aromatic carbocycles. The van der Waals surface area contributed by atoms with E-state index >= 15 is 0 Å². The molecular weight excluding hydrogens is 292 g/mol. The smallest absolute Gasteiger partial charge is 0.314 e. The fourth-order valence-electron chi connectivity index (χ4n) is 2.33. The molecule has 0 saturated carbocycles. The maximum atomic E-state index is 12.1. The molecule has 1 aromatic heterocycles. The van der Waals surface area contributed by atoms with Crippen LogP contribution in [0.15, 0.2) is 48.8 Å². The zero-order valence-corrected chi connectivity index (χ0v) is 12.6. The summed E-state index contributed by atoms with van der Waals surface area (Å²) < 4.78 is 0. The van der Waals surface area contributed by atoms with Gasteiger partial charge in [-0.05, 0) is 36.2 Å². The molecule has 3 rings (SSSR count). The number of fused-ring (bicyclic) bond motifs is 1. The summed E-state index contributed by atoms with van der Waals surface area (Å²) in [5.41, 5.74) is 3.75. The molecule has 2 amide bonds. The van der Waals surface area contributed by atoms with E-state index in [1.807, 2.05) is 25.1 Å². The number of aryl methyl sites for hydroxylation is 1. The van der Waals surface area contributed by atoms with Crippen molar-refractivity contribution in [2.24, 2.45) is 0 Å². The van der Waals surface area contributed by atoms with Crippen molar-refractivity contribution in [3.05, 3.63) is 54.4 Å². The number of benzene rings is 2. The van der Waals surface area contributed by atoms with Gasteiger partial charge >= 0.3 is 11.8 Å². The Morgan fingerprint density at radius 3 is 2.70 bits per heavy atom.